The number of hydrogen-bond acceptors (Lipinski definition) is 7. The van der Waals surface area contributed by atoms with Crippen molar-refractivity contribution >= 4 is 44.5 Å². The van der Waals surface area contributed by atoms with E-state index in [1.54, 1.807) is 0 Å². The smallest absolute Gasteiger partial charge is 0.258 e. The van der Waals surface area contributed by atoms with Crippen LogP contribution in [-0.4, -0.2) is 34.8 Å². The van der Waals surface area contributed by atoms with Crippen molar-refractivity contribution in [2.24, 2.45) is 0 Å². The van der Waals surface area contributed by atoms with Gasteiger partial charge >= 0.3 is 0 Å². The molecule has 2 N–H and O–H groups in total. The number of amides is 1. The van der Waals surface area contributed by atoms with Crippen molar-refractivity contribution in [2.45, 2.75) is 4.90 Å². The van der Waals surface area contributed by atoms with Crippen molar-refractivity contribution < 1.29 is 13.6 Å². The van der Waals surface area contributed by atoms with E-state index in [0.717, 1.165) is 11.3 Å². The lowest BCUT2D eigenvalue weighted by molar-refractivity contribution is 0.102. The molecule has 21 heavy (non-hydrogen) atoms. The Labute approximate surface area is 124 Å². The molecule has 0 fully saturated rings. The first-order valence-electron chi connectivity index (χ1n) is 5.58. The zero-order chi connectivity index (χ0) is 14.8. The van der Waals surface area contributed by atoms with E-state index in [-0.39, 0.29) is 10.5 Å². The predicted octanol–water partition coefficient (Wildman–Crippen LogP) is 1.31. The number of anilines is 1. The highest BCUT2D eigenvalue weighted by Crippen LogP contribution is 2.21. The summed E-state index contributed by atoms with van der Waals surface area (Å²) in [6.07, 6.45) is 2.94. The number of aromatic nitrogens is 4. The van der Waals surface area contributed by atoms with Crippen LogP contribution in [-0.2, 0) is 11.1 Å². The van der Waals surface area contributed by atoms with Gasteiger partial charge in [0.05, 0.1) is 21.5 Å². The highest BCUT2D eigenvalue weighted by Gasteiger charge is 2.18. The largest absolute Gasteiger partial charge is 0.302 e. The first kappa shape index (κ1) is 13.7. The average molecular weight is 321 g/mol. The van der Waals surface area contributed by atoms with E-state index in [9.17, 15) is 13.6 Å². The van der Waals surface area contributed by atoms with Crippen molar-refractivity contribution in [3.8, 4) is 0 Å². The van der Waals surface area contributed by atoms with Crippen LogP contribution in [0.3, 0.4) is 0 Å². The van der Waals surface area contributed by atoms with Crippen LogP contribution in [0.5, 0.6) is 0 Å². The molecule has 0 saturated carbocycles. The van der Waals surface area contributed by atoms with E-state index < -0.39 is 17.0 Å². The van der Waals surface area contributed by atoms with Gasteiger partial charge in [-0.25, -0.2) is 4.21 Å². The van der Waals surface area contributed by atoms with Crippen LogP contribution in [0.15, 0.2) is 34.9 Å². The van der Waals surface area contributed by atoms with E-state index >= 15 is 0 Å². The number of benzene rings is 1. The molecule has 1 amide bonds. The zero-order valence-electron chi connectivity index (χ0n) is 10.3. The third kappa shape index (κ3) is 2.77. The lowest BCUT2D eigenvalue weighted by atomic mass is 10.2. The predicted molar refractivity (Wildman–Crippen MR) is 76.4 cm³/mol. The molecule has 0 aliphatic rings. The second-order valence-electron chi connectivity index (χ2n) is 3.84. The summed E-state index contributed by atoms with van der Waals surface area (Å²) in [5.74, 6) is -0.559. The number of fused-ring (bicyclic) bond motifs is 1. The standard InChI is InChI=1S/C11H7N5O3S2/c17-10(15-11-16-14-5-20-11)6-3-7-8(13-2-1-12-7)4-9(6)21(18)19/h1-5H,(H,18,19)(H,15,16,17). The van der Waals surface area contributed by atoms with Gasteiger partial charge < -0.3 is 4.55 Å². The number of nitrogens with zero attached hydrogens (tertiary/aromatic N) is 4. The molecule has 0 aliphatic carbocycles. The van der Waals surface area contributed by atoms with Crippen LogP contribution in [0.1, 0.15) is 10.4 Å². The Morgan fingerprint density at radius 1 is 1.24 bits per heavy atom. The molecule has 8 nitrogen and oxygen atoms in total. The zero-order valence-corrected chi connectivity index (χ0v) is 11.9. The van der Waals surface area contributed by atoms with Crippen LogP contribution in [0.2, 0.25) is 0 Å². The third-order valence-electron chi connectivity index (χ3n) is 2.58. The SMILES string of the molecule is O=C(Nc1nncs1)c1cc2nccnc2cc1S(=O)O. The molecule has 0 aliphatic heterocycles. The maximum Gasteiger partial charge on any atom is 0.258 e. The summed E-state index contributed by atoms with van der Waals surface area (Å²) < 4.78 is 20.8. The highest BCUT2D eigenvalue weighted by atomic mass is 32.2. The van der Waals surface area contributed by atoms with Crippen LogP contribution in [0.4, 0.5) is 5.13 Å². The lowest BCUT2D eigenvalue weighted by Crippen LogP contribution is -2.15. The van der Waals surface area contributed by atoms with Crippen LogP contribution >= 0.6 is 11.3 Å². The van der Waals surface area contributed by atoms with Gasteiger partial charge in [0.15, 0.2) is 11.1 Å². The summed E-state index contributed by atoms with van der Waals surface area (Å²) in [6, 6.07) is 2.79. The Morgan fingerprint density at radius 3 is 2.57 bits per heavy atom. The van der Waals surface area contributed by atoms with E-state index in [0.29, 0.717) is 16.2 Å². The molecule has 2 heterocycles. The molecule has 10 heteroatoms. The first-order chi connectivity index (χ1) is 10.1. The molecule has 3 aromatic rings. The Balaban J connectivity index is 2.09. The summed E-state index contributed by atoms with van der Waals surface area (Å²) >= 11 is -1.18. The number of rotatable bonds is 3. The molecule has 1 aromatic carbocycles. The Hall–Kier alpha value is -2.30. The van der Waals surface area contributed by atoms with Crippen LogP contribution in [0, 0.1) is 0 Å². The second kappa shape index (κ2) is 5.60. The number of carbonyl (C=O) groups excluding carboxylic acids is 1. The van der Waals surface area contributed by atoms with Gasteiger partial charge in [-0.3, -0.25) is 20.1 Å². The second-order valence-corrected chi connectivity index (χ2v) is 5.61. The third-order valence-corrected chi connectivity index (χ3v) is 3.90. The normalized spacial score (nSPS) is 12.2. The molecule has 0 spiro atoms. The molecule has 3 rings (SSSR count). The minimum atomic E-state index is -2.33. The van der Waals surface area contributed by atoms with Crippen molar-refractivity contribution in [2.75, 3.05) is 5.32 Å². The highest BCUT2D eigenvalue weighted by molar-refractivity contribution is 7.79. The average Bonchev–Trinajstić information content (AvgIpc) is 2.98. The maximum absolute atomic E-state index is 12.2. The molecule has 1 unspecified atom stereocenters. The fourth-order valence-electron chi connectivity index (χ4n) is 1.71. The monoisotopic (exact) mass is 321 g/mol. The molecule has 106 valence electrons. The molecule has 0 radical (unpaired) electrons. The van der Waals surface area contributed by atoms with Gasteiger partial charge in [0.25, 0.3) is 5.91 Å². The van der Waals surface area contributed by atoms with Crippen LogP contribution in [0.25, 0.3) is 11.0 Å². The van der Waals surface area contributed by atoms with Crippen molar-refractivity contribution in [1.82, 2.24) is 20.2 Å². The summed E-state index contributed by atoms with van der Waals surface area (Å²) in [5, 5.41) is 10.1. The summed E-state index contributed by atoms with van der Waals surface area (Å²) in [4.78, 5) is 20.3. The minimum absolute atomic E-state index is 0.0370. The van der Waals surface area contributed by atoms with Gasteiger partial charge in [-0.05, 0) is 12.1 Å². The Morgan fingerprint density at radius 2 is 1.95 bits per heavy atom. The van der Waals surface area contributed by atoms with E-state index in [4.69, 9.17) is 0 Å². The van der Waals surface area contributed by atoms with Crippen molar-refractivity contribution in [3.63, 3.8) is 0 Å². The van der Waals surface area contributed by atoms with Gasteiger partial charge in [0.2, 0.25) is 5.13 Å². The summed E-state index contributed by atoms with van der Waals surface area (Å²) in [5.41, 5.74) is 2.39. The molecule has 1 atom stereocenters. The molecule has 0 bridgehead atoms. The summed E-state index contributed by atoms with van der Waals surface area (Å²) in [7, 11) is 0. The Kier molecular flexibility index (Phi) is 3.64. The van der Waals surface area contributed by atoms with Gasteiger partial charge in [0.1, 0.15) is 5.51 Å². The number of carbonyl (C=O) groups is 1. The van der Waals surface area contributed by atoms with Crippen LogP contribution < -0.4 is 5.32 Å². The molecule has 2 aromatic heterocycles. The Bertz CT molecular complexity index is 837. The van der Waals surface area contributed by atoms with Gasteiger partial charge in [-0.2, -0.15) is 0 Å². The van der Waals surface area contributed by atoms with E-state index in [1.165, 1.54) is 30.0 Å². The molecular formula is C11H7N5O3S2. The first-order valence-corrected chi connectivity index (χ1v) is 7.57. The van der Waals surface area contributed by atoms with Crippen molar-refractivity contribution in [1.29, 1.82) is 0 Å². The van der Waals surface area contributed by atoms with E-state index in [2.05, 4.69) is 25.5 Å². The van der Waals surface area contributed by atoms with Crippen molar-refractivity contribution in [3.05, 3.63) is 35.6 Å². The fraction of sp³-hybridized carbons (Fsp3) is 0. The maximum atomic E-state index is 12.2. The summed E-state index contributed by atoms with van der Waals surface area (Å²) in [6.45, 7) is 0. The quantitative estimate of drug-likeness (QED) is 0.698. The topological polar surface area (TPSA) is 118 Å². The molecular weight excluding hydrogens is 314 g/mol. The molecule has 0 saturated heterocycles. The van der Waals surface area contributed by atoms with Gasteiger partial charge in [0, 0.05) is 12.4 Å². The lowest BCUT2D eigenvalue weighted by Gasteiger charge is -2.07. The van der Waals surface area contributed by atoms with E-state index in [1.807, 2.05) is 0 Å². The minimum Gasteiger partial charge on any atom is -0.302 e. The number of nitrogens with one attached hydrogen (secondary N) is 1. The van der Waals surface area contributed by atoms with Gasteiger partial charge in [-0.1, -0.05) is 11.3 Å². The fourth-order valence-corrected chi connectivity index (χ4v) is 2.70. The van der Waals surface area contributed by atoms with Gasteiger partial charge in [-0.15, -0.1) is 10.2 Å². The number of hydrogen-bond donors (Lipinski definition) is 2.